The van der Waals surface area contributed by atoms with E-state index in [-0.39, 0.29) is 27.8 Å². The Morgan fingerprint density at radius 1 is 1.08 bits per heavy atom. The molecule has 3 aromatic rings. The molecule has 2 N–H and O–H groups in total. The van der Waals surface area contributed by atoms with E-state index in [9.17, 15) is 22.4 Å². The molecule has 0 radical (unpaired) electrons. The summed E-state index contributed by atoms with van der Waals surface area (Å²) < 4.78 is 40.3. The lowest BCUT2D eigenvalue weighted by Crippen LogP contribution is -2.47. The Bertz CT molecular complexity index is 1580. The van der Waals surface area contributed by atoms with Gasteiger partial charge in [-0.05, 0) is 56.8 Å². The van der Waals surface area contributed by atoms with Gasteiger partial charge < -0.3 is 20.1 Å². The fourth-order valence-electron chi connectivity index (χ4n) is 4.96. The van der Waals surface area contributed by atoms with Crippen LogP contribution in [0, 0.1) is 19.7 Å². The van der Waals surface area contributed by atoms with Gasteiger partial charge in [0.2, 0.25) is 0 Å². The lowest BCUT2D eigenvalue weighted by atomic mass is 10.0. The summed E-state index contributed by atoms with van der Waals surface area (Å²) in [6, 6.07) is 10.1. The number of carbonyl (C=O) groups excluding carboxylic acids is 2. The van der Waals surface area contributed by atoms with Crippen molar-refractivity contribution >= 4 is 39.0 Å². The number of rotatable bonds is 5. The van der Waals surface area contributed by atoms with Crippen LogP contribution in [0.15, 0.2) is 47.4 Å². The van der Waals surface area contributed by atoms with Gasteiger partial charge in [-0.3, -0.25) is 9.59 Å². The average molecular weight is 537 g/mol. The van der Waals surface area contributed by atoms with Crippen molar-refractivity contribution in [2.24, 2.45) is 0 Å². The predicted molar refractivity (Wildman–Crippen MR) is 144 cm³/mol. The van der Waals surface area contributed by atoms with E-state index in [0.29, 0.717) is 41.3 Å². The number of carbonyl (C=O) groups is 2. The Kier molecular flexibility index (Phi) is 6.70. The minimum Gasteiger partial charge on any atom is -0.358 e. The molecule has 2 amide bonds. The van der Waals surface area contributed by atoms with Crippen LogP contribution in [0.5, 0.6) is 0 Å². The van der Waals surface area contributed by atoms with Gasteiger partial charge in [0.15, 0.2) is 9.84 Å². The molecule has 0 spiro atoms. The number of anilines is 1. The van der Waals surface area contributed by atoms with Crippen molar-refractivity contribution in [3.63, 3.8) is 0 Å². The summed E-state index contributed by atoms with van der Waals surface area (Å²) in [5.74, 6) is -1.51. The molecule has 0 unspecified atom stereocenters. The smallest absolute Gasteiger partial charge is 0.256 e. The van der Waals surface area contributed by atoms with Crippen molar-refractivity contribution in [3.8, 4) is 0 Å². The average Bonchev–Trinajstić information content (AvgIpc) is 3.34. The van der Waals surface area contributed by atoms with Crippen LogP contribution in [0.4, 0.5) is 10.1 Å². The summed E-state index contributed by atoms with van der Waals surface area (Å²) in [5, 5.41) is 2.77. The first kappa shape index (κ1) is 25.9. The number of halogens is 1. The summed E-state index contributed by atoms with van der Waals surface area (Å²) in [4.78, 5) is 33.4. The second kappa shape index (κ2) is 9.85. The highest BCUT2D eigenvalue weighted by molar-refractivity contribution is 7.90. The maximum atomic E-state index is 14.1. The first-order valence-electron chi connectivity index (χ1n) is 12.4. The van der Waals surface area contributed by atoms with Crippen molar-refractivity contribution in [3.05, 3.63) is 81.9 Å². The first-order valence-corrected chi connectivity index (χ1v) is 14.0. The number of aromatic nitrogens is 1. The monoisotopic (exact) mass is 536 g/mol. The van der Waals surface area contributed by atoms with Crippen molar-refractivity contribution in [1.82, 2.24) is 14.8 Å². The van der Waals surface area contributed by atoms with Crippen LogP contribution in [0.1, 0.15) is 38.4 Å². The molecule has 8 nitrogen and oxygen atoms in total. The highest BCUT2D eigenvalue weighted by atomic mass is 32.2. The Morgan fingerprint density at radius 2 is 1.79 bits per heavy atom. The molecular weight excluding hydrogens is 507 g/mol. The molecule has 5 rings (SSSR count). The van der Waals surface area contributed by atoms with Crippen molar-refractivity contribution in [2.75, 3.05) is 38.5 Å². The standard InChI is InChI=1S/C28H29FN4O4S/c1-17-25(30-18(2)26(17)28(35)33-12-10-32(3)11-13-33)15-22-21-14-20(8-9-24(21)31-27(22)34)38(36,37)16-19-6-4-5-7-23(19)29/h4-9,14-15,30H,10-13,16H2,1-3H3,(H,31,34)/b22-15-. The zero-order valence-corrected chi connectivity index (χ0v) is 22.3. The first-order chi connectivity index (χ1) is 18.0. The van der Waals surface area contributed by atoms with Crippen molar-refractivity contribution in [1.29, 1.82) is 0 Å². The van der Waals surface area contributed by atoms with Crippen LogP contribution in [0.3, 0.4) is 0 Å². The third-order valence-electron chi connectivity index (χ3n) is 7.21. The number of likely N-dealkylation sites (N-methyl/N-ethyl adjacent to an activating group) is 1. The van der Waals surface area contributed by atoms with Crippen LogP contribution < -0.4 is 5.32 Å². The number of nitrogens with one attached hydrogen (secondary N) is 2. The lowest BCUT2D eigenvalue weighted by molar-refractivity contribution is -0.110. The second-order valence-corrected chi connectivity index (χ2v) is 11.8. The molecule has 2 aliphatic rings. The molecule has 38 heavy (non-hydrogen) atoms. The number of amides is 2. The van der Waals surface area contributed by atoms with Gasteiger partial charge in [0.05, 0.1) is 21.8 Å². The molecule has 10 heteroatoms. The zero-order valence-electron chi connectivity index (χ0n) is 21.5. The molecule has 0 atom stereocenters. The molecule has 3 heterocycles. The minimum absolute atomic E-state index is 0.00720. The minimum atomic E-state index is -3.88. The summed E-state index contributed by atoms with van der Waals surface area (Å²) in [7, 11) is -1.85. The molecule has 1 aromatic heterocycles. The van der Waals surface area contributed by atoms with Gasteiger partial charge in [0.1, 0.15) is 5.82 Å². The number of nitrogens with zero attached hydrogens (tertiary/aromatic N) is 2. The molecule has 0 aliphatic carbocycles. The van der Waals surface area contributed by atoms with Gasteiger partial charge in [-0.25, -0.2) is 12.8 Å². The van der Waals surface area contributed by atoms with Crippen LogP contribution >= 0.6 is 0 Å². The Hall–Kier alpha value is -3.76. The highest BCUT2D eigenvalue weighted by Gasteiger charge is 2.29. The van der Waals surface area contributed by atoms with Gasteiger partial charge in [0, 0.05) is 54.4 Å². The Balaban J connectivity index is 1.48. The third kappa shape index (κ3) is 4.77. The number of hydrogen-bond donors (Lipinski definition) is 2. The van der Waals surface area contributed by atoms with Crippen LogP contribution in [-0.2, 0) is 20.4 Å². The fraction of sp³-hybridized carbons (Fsp3) is 0.286. The molecule has 2 aromatic carbocycles. The normalized spacial score (nSPS) is 17.1. The quantitative estimate of drug-likeness (QED) is 0.485. The van der Waals surface area contributed by atoms with E-state index in [2.05, 4.69) is 15.2 Å². The van der Waals surface area contributed by atoms with E-state index in [1.807, 2.05) is 25.8 Å². The topological polar surface area (TPSA) is 103 Å². The summed E-state index contributed by atoms with van der Waals surface area (Å²) >= 11 is 0. The highest BCUT2D eigenvalue weighted by Crippen LogP contribution is 2.36. The molecule has 1 fully saturated rings. The maximum absolute atomic E-state index is 14.1. The Labute approximate surface area is 221 Å². The van der Waals surface area contributed by atoms with Gasteiger partial charge in [-0.1, -0.05) is 18.2 Å². The number of aryl methyl sites for hydroxylation is 1. The van der Waals surface area contributed by atoms with Crippen molar-refractivity contribution < 1.29 is 22.4 Å². The van der Waals surface area contributed by atoms with E-state index >= 15 is 0 Å². The van der Waals surface area contributed by atoms with Crippen LogP contribution in [0.25, 0.3) is 11.6 Å². The maximum Gasteiger partial charge on any atom is 0.256 e. The van der Waals surface area contributed by atoms with Gasteiger partial charge in [0.25, 0.3) is 11.8 Å². The number of sulfone groups is 1. The molecule has 0 saturated carbocycles. The van der Waals surface area contributed by atoms with Gasteiger partial charge in [-0.2, -0.15) is 0 Å². The van der Waals surface area contributed by atoms with Gasteiger partial charge >= 0.3 is 0 Å². The zero-order chi connectivity index (χ0) is 27.2. The van der Waals surface area contributed by atoms with Crippen LogP contribution in [0.2, 0.25) is 0 Å². The number of hydrogen-bond acceptors (Lipinski definition) is 5. The summed E-state index contributed by atoms with van der Waals surface area (Å²) in [6.07, 6.45) is 1.65. The van der Waals surface area contributed by atoms with Crippen molar-refractivity contribution in [2.45, 2.75) is 24.5 Å². The van der Waals surface area contributed by atoms with E-state index in [1.165, 1.54) is 36.4 Å². The van der Waals surface area contributed by atoms with Crippen LogP contribution in [-0.4, -0.2) is 68.2 Å². The number of benzene rings is 2. The Morgan fingerprint density at radius 3 is 2.50 bits per heavy atom. The molecule has 2 aliphatic heterocycles. The van der Waals surface area contributed by atoms with E-state index < -0.39 is 21.4 Å². The summed E-state index contributed by atoms with van der Waals surface area (Å²) in [6.45, 7) is 6.58. The molecule has 0 bridgehead atoms. The second-order valence-electron chi connectivity index (χ2n) is 9.83. The largest absolute Gasteiger partial charge is 0.358 e. The predicted octanol–water partition coefficient (Wildman–Crippen LogP) is 3.62. The molecular formula is C28H29FN4O4S. The molecule has 198 valence electrons. The summed E-state index contributed by atoms with van der Waals surface area (Å²) in [5.41, 5.74) is 3.91. The number of H-pyrrole nitrogens is 1. The fourth-order valence-corrected chi connectivity index (χ4v) is 6.34. The lowest BCUT2D eigenvalue weighted by Gasteiger charge is -2.32. The van der Waals surface area contributed by atoms with Gasteiger partial charge in [-0.15, -0.1) is 0 Å². The number of fused-ring (bicyclic) bond motifs is 1. The van der Waals surface area contributed by atoms with E-state index in [1.54, 1.807) is 12.1 Å². The van der Waals surface area contributed by atoms with E-state index in [0.717, 1.165) is 18.7 Å². The number of aromatic amines is 1. The van der Waals surface area contributed by atoms with E-state index in [4.69, 9.17) is 0 Å². The third-order valence-corrected chi connectivity index (χ3v) is 8.87. The molecule has 1 saturated heterocycles. The SMILES string of the molecule is Cc1[nH]c(/C=C2\C(=O)Nc3ccc(S(=O)(=O)Cc4ccccc4F)cc32)c(C)c1C(=O)N1CCN(C)CC1. The number of piperazine rings is 1.